The van der Waals surface area contributed by atoms with E-state index < -0.39 is 0 Å². The molecule has 0 saturated heterocycles. The predicted octanol–water partition coefficient (Wildman–Crippen LogP) is 2.25. The SMILES string of the molecule is CNC(=O)CC(C)n1cc2c(N)nc3cc(-c4cc[nH]n4)ccc3c2n1. The molecule has 4 N–H and O–H groups in total. The molecule has 0 fully saturated rings. The number of carbonyl (C=O) groups is 1. The minimum Gasteiger partial charge on any atom is -0.383 e. The summed E-state index contributed by atoms with van der Waals surface area (Å²) in [7, 11) is 1.63. The van der Waals surface area contributed by atoms with Crippen molar-refractivity contribution in [3.05, 3.63) is 36.7 Å². The number of hydrogen-bond acceptors (Lipinski definition) is 5. The second-order valence-electron chi connectivity index (χ2n) is 6.29. The fourth-order valence-electron chi connectivity index (χ4n) is 3.06. The van der Waals surface area contributed by atoms with Crippen molar-refractivity contribution >= 4 is 33.5 Å². The van der Waals surface area contributed by atoms with Gasteiger partial charge in [-0.3, -0.25) is 14.6 Å². The number of rotatable bonds is 4. The lowest BCUT2D eigenvalue weighted by atomic mass is 10.1. The van der Waals surface area contributed by atoms with Crippen LogP contribution in [-0.2, 0) is 4.79 Å². The highest BCUT2D eigenvalue weighted by Crippen LogP contribution is 2.30. The number of amides is 1. The van der Waals surface area contributed by atoms with E-state index >= 15 is 0 Å². The number of anilines is 1. The van der Waals surface area contributed by atoms with Gasteiger partial charge in [-0.05, 0) is 25.1 Å². The molecular formula is C18H19N7O. The summed E-state index contributed by atoms with van der Waals surface area (Å²) >= 11 is 0. The van der Waals surface area contributed by atoms with E-state index in [-0.39, 0.29) is 11.9 Å². The lowest BCUT2D eigenvalue weighted by Crippen LogP contribution is -2.21. The number of benzene rings is 1. The number of fused-ring (bicyclic) bond motifs is 3. The molecule has 4 aromatic rings. The summed E-state index contributed by atoms with van der Waals surface area (Å²) in [6.07, 6.45) is 3.98. The largest absolute Gasteiger partial charge is 0.383 e. The number of nitrogens with one attached hydrogen (secondary N) is 2. The normalized spacial score (nSPS) is 12.5. The Morgan fingerprint density at radius 2 is 2.19 bits per heavy atom. The van der Waals surface area contributed by atoms with Crippen LogP contribution in [0.4, 0.5) is 5.82 Å². The number of nitrogen functional groups attached to an aromatic ring is 1. The monoisotopic (exact) mass is 349 g/mol. The van der Waals surface area contributed by atoms with Gasteiger partial charge in [-0.1, -0.05) is 6.07 Å². The van der Waals surface area contributed by atoms with Crippen LogP contribution in [-0.4, -0.2) is 37.9 Å². The molecule has 0 spiro atoms. The summed E-state index contributed by atoms with van der Waals surface area (Å²) < 4.78 is 1.78. The lowest BCUT2D eigenvalue weighted by molar-refractivity contribution is -0.121. The zero-order valence-electron chi connectivity index (χ0n) is 14.5. The molecule has 0 aliphatic rings. The molecular weight excluding hydrogens is 330 g/mol. The van der Waals surface area contributed by atoms with E-state index in [0.717, 1.165) is 33.1 Å². The smallest absolute Gasteiger partial charge is 0.221 e. The molecule has 0 radical (unpaired) electrons. The van der Waals surface area contributed by atoms with Gasteiger partial charge < -0.3 is 11.1 Å². The number of nitrogens with two attached hydrogens (primary N) is 1. The molecule has 0 bridgehead atoms. The molecule has 1 amide bonds. The average Bonchev–Trinajstić information content (AvgIpc) is 3.31. The predicted molar refractivity (Wildman–Crippen MR) is 100 cm³/mol. The van der Waals surface area contributed by atoms with Crippen molar-refractivity contribution in [3.63, 3.8) is 0 Å². The summed E-state index contributed by atoms with van der Waals surface area (Å²) in [5, 5.41) is 16.0. The van der Waals surface area contributed by atoms with Crippen LogP contribution in [0.2, 0.25) is 0 Å². The number of aromatic nitrogens is 5. The maximum Gasteiger partial charge on any atom is 0.221 e. The molecule has 0 saturated carbocycles. The van der Waals surface area contributed by atoms with Gasteiger partial charge in [-0.25, -0.2) is 4.98 Å². The van der Waals surface area contributed by atoms with Gasteiger partial charge >= 0.3 is 0 Å². The quantitative estimate of drug-likeness (QED) is 0.523. The molecule has 8 heteroatoms. The highest BCUT2D eigenvalue weighted by molar-refractivity contribution is 6.08. The fraction of sp³-hybridized carbons (Fsp3) is 0.222. The van der Waals surface area contributed by atoms with E-state index in [1.54, 1.807) is 17.9 Å². The molecule has 132 valence electrons. The van der Waals surface area contributed by atoms with E-state index in [4.69, 9.17) is 5.73 Å². The summed E-state index contributed by atoms with van der Waals surface area (Å²) in [6.45, 7) is 1.95. The molecule has 0 aliphatic heterocycles. The van der Waals surface area contributed by atoms with Crippen molar-refractivity contribution in [1.29, 1.82) is 0 Å². The summed E-state index contributed by atoms with van der Waals surface area (Å²) in [5.74, 6) is 0.390. The first-order chi connectivity index (χ1) is 12.6. The first-order valence-electron chi connectivity index (χ1n) is 8.35. The van der Waals surface area contributed by atoms with Crippen molar-refractivity contribution in [2.24, 2.45) is 0 Å². The zero-order valence-corrected chi connectivity index (χ0v) is 14.5. The maximum absolute atomic E-state index is 11.6. The van der Waals surface area contributed by atoms with Gasteiger partial charge in [0.25, 0.3) is 0 Å². The van der Waals surface area contributed by atoms with Crippen LogP contribution >= 0.6 is 0 Å². The van der Waals surface area contributed by atoms with Gasteiger partial charge in [0.1, 0.15) is 11.3 Å². The third-order valence-corrected chi connectivity index (χ3v) is 4.51. The second-order valence-corrected chi connectivity index (χ2v) is 6.29. The molecule has 0 aliphatic carbocycles. The third-order valence-electron chi connectivity index (χ3n) is 4.51. The summed E-state index contributed by atoms with van der Waals surface area (Å²) in [4.78, 5) is 16.2. The number of carbonyl (C=O) groups excluding carboxylic acids is 1. The van der Waals surface area contributed by atoms with Gasteiger partial charge in [-0.15, -0.1) is 0 Å². The van der Waals surface area contributed by atoms with Gasteiger partial charge in [0.05, 0.1) is 22.6 Å². The maximum atomic E-state index is 11.6. The molecule has 1 atom stereocenters. The van der Waals surface area contributed by atoms with Crippen LogP contribution in [0.25, 0.3) is 33.1 Å². The van der Waals surface area contributed by atoms with E-state index in [9.17, 15) is 4.79 Å². The van der Waals surface area contributed by atoms with Crippen molar-refractivity contribution in [2.75, 3.05) is 12.8 Å². The Morgan fingerprint density at radius 3 is 2.92 bits per heavy atom. The Labute approximate surface area is 149 Å². The minimum absolute atomic E-state index is 0.0309. The van der Waals surface area contributed by atoms with Crippen molar-refractivity contribution < 1.29 is 4.79 Å². The average molecular weight is 349 g/mol. The molecule has 4 rings (SSSR count). The Kier molecular flexibility index (Phi) is 3.80. The van der Waals surface area contributed by atoms with E-state index in [2.05, 4.69) is 25.6 Å². The Bertz CT molecular complexity index is 1100. The van der Waals surface area contributed by atoms with E-state index in [1.165, 1.54) is 0 Å². The standard InChI is InChI=1S/C18H19N7O/c1-10(7-16(26)20-2)25-9-13-17(24-25)12-4-3-11(14-5-6-21-23-14)8-15(12)22-18(13)19/h3-6,8-10H,7H2,1-2H3,(H2,19,22)(H,20,26)(H,21,23). The van der Waals surface area contributed by atoms with Gasteiger partial charge in [0.15, 0.2) is 0 Å². The van der Waals surface area contributed by atoms with Crippen LogP contribution in [0.3, 0.4) is 0 Å². The molecule has 3 heterocycles. The van der Waals surface area contributed by atoms with Crippen LogP contribution in [0.15, 0.2) is 36.7 Å². The Balaban J connectivity index is 1.83. The number of hydrogen-bond donors (Lipinski definition) is 3. The topological polar surface area (TPSA) is 115 Å². The van der Waals surface area contributed by atoms with Crippen LogP contribution in [0.1, 0.15) is 19.4 Å². The van der Waals surface area contributed by atoms with E-state index in [0.29, 0.717) is 12.2 Å². The number of pyridine rings is 1. The van der Waals surface area contributed by atoms with Crippen molar-refractivity contribution in [3.8, 4) is 11.3 Å². The lowest BCUT2D eigenvalue weighted by Gasteiger charge is -2.10. The van der Waals surface area contributed by atoms with E-state index in [1.807, 2.05) is 37.4 Å². The van der Waals surface area contributed by atoms with Crippen LogP contribution in [0, 0.1) is 0 Å². The van der Waals surface area contributed by atoms with Gasteiger partial charge in [0.2, 0.25) is 5.91 Å². The molecule has 3 aromatic heterocycles. The minimum atomic E-state index is -0.0832. The molecule has 1 unspecified atom stereocenters. The number of aromatic amines is 1. The molecule has 26 heavy (non-hydrogen) atoms. The number of nitrogens with zero attached hydrogens (tertiary/aromatic N) is 4. The number of H-pyrrole nitrogens is 1. The third kappa shape index (κ3) is 2.65. The van der Waals surface area contributed by atoms with Gasteiger partial charge in [0, 0.05) is 36.8 Å². The summed E-state index contributed by atoms with van der Waals surface area (Å²) in [6, 6.07) is 7.74. The van der Waals surface area contributed by atoms with Crippen molar-refractivity contribution in [2.45, 2.75) is 19.4 Å². The molecule has 1 aromatic carbocycles. The fourth-order valence-corrected chi connectivity index (χ4v) is 3.06. The van der Waals surface area contributed by atoms with Crippen LogP contribution < -0.4 is 11.1 Å². The highest BCUT2D eigenvalue weighted by atomic mass is 16.1. The zero-order chi connectivity index (χ0) is 18.3. The van der Waals surface area contributed by atoms with Gasteiger partial charge in [-0.2, -0.15) is 10.2 Å². The highest BCUT2D eigenvalue weighted by Gasteiger charge is 2.16. The molecule has 8 nitrogen and oxygen atoms in total. The van der Waals surface area contributed by atoms with Crippen molar-refractivity contribution in [1.82, 2.24) is 30.3 Å². The second kappa shape index (κ2) is 6.14. The summed E-state index contributed by atoms with van der Waals surface area (Å²) in [5.41, 5.74) is 9.51. The first-order valence-corrected chi connectivity index (χ1v) is 8.35. The Morgan fingerprint density at radius 1 is 1.35 bits per heavy atom. The Hall–Kier alpha value is -3.42. The first kappa shape index (κ1) is 16.1. The van der Waals surface area contributed by atoms with Crippen LogP contribution in [0.5, 0.6) is 0 Å².